The summed E-state index contributed by atoms with van der Waals surface area (Å²) in [4.78, 5) is 7.77. The first-order valence-electron chi connectivity index (χ1n) is 13.3. The van der Waals surface area contributed by atoms with Crippen LogP contribution >= 0.6 is 0 Å². The molecule has 0 amide bonds. The van der Waals surface area contributed by atoms with Gasteiger partial charge in [-0.3, -0.25) is 10.3 Å². The predicted molar refractivity (Wildman–Crippen MR) is 151 cm³/mol. The van der Waals surface area contributed by atoms with Crippen LogP contribution < -0.4 is 5.32 Å². The van der Waals surface area contributed by atoms with E-state index in [1.807, 2.05) is 13.8 Å². The third-order valence-corrected chi connectivity index (χ3v) is 6.07. The van der Waals surface area contributed by atoms with Gasteiger partial charge in [0.05, 0.1) is 18.1 Å². The minimum absolute atomic E-state index is 0.225. The molecule has 3 atom stereocenters. The van der Waals surface area contributed by atoms with Gasteiger partial charge in [0.1, 0.15) is 5.84 Å². The lowest BCUT2D eigenvalue weighted by Crippen LogP contribution is -2.58. The largest absolute Gasteiger partial charge is 0.357 e. The summed E-state index contributed by atoms with van der Waals surface area (Å²) < 4.78 is 0. The van der Waals surface area contributed by atoms with Crippen molar-refractivity contribution in [3.63, 3.8) is 0 Å². The fourth-order valence-electron chi connectivity index (χ4n) is 4.59. The van der Waals surface area contributed by atoms with Gasteiger partial charge in [0.15, 0.2) is 0 Å². The molecule has 5 rings (SSSR count). The maximum absolute atomic E-state index is 5.26. The molecule has 1 N–H and O–H groups in total. The van der Waals surface area contributed by atoms with Gasteiger partial charge in [0.25, 0.3) is 0 Å². The van der Waals surface area contributed by atoms with Gasteiger partial charge in [-0.2, -0.15) is 0 Å². The summed E-state index contributed by atoms with van der Waals surface area (Å²) in [6.07, 6.45) is 2.04. The molecule has 3 unspecified atom stereocenters. The lowest BCUT2D eigenvalue weighted by atomic mass is 9.94. The quantitative estimate of drug-likeness (QED) is 0.429. The highest BCUT2D eigenvalue weighted by Gasteiger charge is 2.35. The summed E-state index contributed by atoms with van der Waals surface area (Å²) >= 11 is 0. The van der Waals surface area contributed by atoms with Crippen LogP contribution in [0.3, 0.4) is 0 Å². The van der Waals surface area contributed by atoms with E-state index in [4.69, 9.17) is 4.99 Å². The van der Waals surface area contributed by atoms with Crippen LogP contribution in [0.25, 0.3) is 0 Å². The Morgan fingerprint density at radius 3 is 1.89 bits per heavy atom. The van der Waals surface area contributed by atoms with Crippen molar-refractivity contribution >= 4 is 5.84 Å². The second kappa shape index (κ2) is 13.8. The van der Waals surface area contributed by atoms with Crippen molar-refractivity contribution in [1.29, 1.82) is 0 Å². The van der Waals surface area contributed by atoms with Crippen LogP contribution in [-0.4, -0.2) is 29.9 Å². The molecule has 1 fully saturated rings. The molecular weight excluding hydrogens is 426 g/mol. The van der Waals surface area contributed by atoms with E-state index in [0.29, 0.717) is 6.04 Å². The molecule has 186 valence electrons. The van der Waals surface area contributed by atoms with Gasteiger partial charge in [-0.1, -0.05) is 126 Å². The minimum atomic E-state index is 0.225. The molecule has 0 bridgehead atoms. The third-order valence-electron chi connectivity index (χ3n) is 6.07. The smallest absolute Gasteiger partial charge is 0.117 e. The first-order valence-corrected chi connectivity index (χ1v) is 13.3. The Bertz CT molecular complexity index is 996. The summed E-state index contributed by atoms with van der Waals surface area (Å²) in [6, 6.07) is 33.1. The van der Waals surface area contributed by atoms with Crippen LogP contribution in [0.5, 0.6) is 0 Å². The SMILES string of the molecule is CC.CC(C)C.c1ccc(CC2NC(c3ccccc3)CN3CCC(c4ccccc4)N=C23)cc1. The molecule has 0 spiro atoms. The molecule has 3 heteroatoms. The first kappa shape index (κ1) is 26.7. The minimum Gasteiger partial charge on any atom is -0.357 e. The molecule has 35 heavy (non-hydrogen) atoms. The zero-order valence-corrected chi connectivity index (χ0v) is 22.2. The monoisotopic (exact) mass is 469 g/mol. The van der Waals surface area contributed by atoms with Crippen molar-refractivity contribution in [2.75, 3.05) is 13.1 Å². The second-order valence-corrected chi connectivity index (χ2v) is 9.75. The van der Waals surface area contributed by atoms with Crippen molar-refractivity contribution in [3.05, 3.63) is 108 Å². The van der Waals surface area contributed by atoms with E-state index in [1.54, 1.807) is 0 Å². The molecule has 1 saturated heterocycles. The molecule has 0 saturated carbocycles. The molecule has 3 aromatic carbocycles. The fraction of sp³-hybridized carbons (Fsp3) is 0.406. The number of benzene rings is 3. The maximum atomic E-state index is 5.26. The number of aliphatic imine (C=N–C) groups is 1. The standard InChI is InChI=1S/C26H27N3.C4H10.C2H6/c1-4-10-20(11-5-1)18-24-26-28-23(21-12-6-2-7-13-21)16-17-29(26)19-25(27-24)22-14-8-3-9-15-22;1-4(2)3;1-2/h1-15,23-25,27H,16-19H2;4H,1-3H3;1-2H3. The Morgan fingerprint density at radius 1 is 0.800 bits per heavy atom. The van der Waals surface area contributed by atoms with Crippen LogP contribution in [0.15, 0.2) is 96.0 Å². The number of hydrogen-bond acceptors (Lipinski definition) is 3. The zero-order chi connectivity index (χ0) is 25.0. The number of nitrogens with one attached hydrogen (secondary N) is 1. The van der Waals surface area contributed by atoms with Crippen molar-refractivity contribution < 1.29 is 0 Å². The summed E-state index contributed by atoms with van der Waals surface area (Å²) in [5.41, 5.74) is 4.03. The van der Waals surface area contributed by atoms with E-state index in [-0.39, 0.29) is 12.1 Å². The van der Waals surface area contributed by atoms with Gasteiger partial charge in [-0.05, 0) is 35.4 Å². The number of piperazine rings is 1. The Morgan fingerprint density at radius 2 is 1.31 bits per heavy atom. The summed E-state index contributed by atoms with van der Waals surface area (Å²) in [6.45, 7) is 12.5. The second-order valence-electron chi connectivity index (χ2n) is 9.75. The van der Waals surface area contributed by atoms with Crippen molar-refractivity contribution in [2.45, 2.75) is 65.6 Å². The number of hydrogen-bond donors (Lipinski definition) is 1. The molecule has 2 aliphatic heterocycles. The zero-order valence-electron chi connectivity index (χ0n) is 22.2. The number of nitrogens with zero attached hydrogens (tertiary/aromatic N) is 2. The lowest BCUT2D eigenvalue weighted by molar-refractivity contribution is 0.264. The van der Waals surface area contributed by atoms with E-state index < -0.39 is 0 Å². The van der Waals surface area contributed by atoms with E-state index in [1.165, 1.54) is 22.5 Å². The number of amidine groups is 1. The van der Waals surface area contributed by atoms with Crippen molar-refractivity contribution in [3.8, 4) is 0 Å². The molecule has 0 aliphatic carbocycles. The molecule has 0 aromatic heterocycles. The van der Waals surface area contributed by atoms with Gasteiger partial charge >= 0.3 is 0 Å². The van der Waals surface area contributed by atoms with Crippen molar-refractivity contribution in [2.24, 2.45) is 10.9 Å². The lowest BCUT2D eigenvalue weighted by Gasteiger charge is -2.44. The summed E-state index contributed by atoms with van der Waals surface area (Å²) in [5.74, 6) is 2.06. The van der Waals surface area contributed by atoms with Gasteiger partial charge in [0.2, 0.25) is 0 Å². The Kier molecular flexibility index (Phi) is 10.6. The number of fused-ring (bicyclic) bond motifs is 1. The van der Waals surface area contributed by atoms with E-state index in [2.05, 4.69) is 122 Å². The molecule has 2 heterocycles. The summed E-state index contributed by atoms with van der Waals surface area (Å²) in [7, 11) is 0. The van der Waals surface area contributed by atoms with Crippen LogP contribution in [-0.2, 0) is 6.42 Å². The Labute approximate surface area is 213 Å². The predicted octanol–water partition coefficient (Wildman–Crippen LogP) is 7.48. The average molecular weight is 470 g/mol. The highest BCUT2D eigenvalue weighted by Crippen LogP contribution is 2.31. The van der Waals surface area contributed by atoms with Crippen molar-refractivity contribution in [1.82, 2.24) is 10.2 Å². The van der Waals surface area contributed by atoms with E-state index >= 15 is 0 Å². The van der Waals surface area contributed by atoms with Gasteiger partial charge in [-0.25, -0.2) is 0 Å². The van der Waals surface area contributed by atoms with E-state index in [0.717, 1.165) is 31.8 Å². The normalized spacial score (nSPS) is 21.0. The fourth-order valence-corrected chi connectivity index (χ4v) is 4.59. The maximum Gasteiger partial charge on any atom is 0.117 e. The van der Waals surface area contributed by atoms with Gasteiger partial charge in [-0.15, -0.1) is 0 Å². The Balaban J connectivity index is 0.000000521. The molecular formula is C32H43N3. The highest BCUT2D eigenvalue weighted by molar-refractivity contribution is 5.89. The molecule has 3 nitrogen and oxygen atoms in total. The topological polar surface area (TPSA) is 27.6 Å². The molecule has 3 aromatic rings. The third kappa shape index (κ3) is 7.80. The molecule has 0 radical (unpaired) electrons. The Hall–Kier alpha value is -2.91. The molecule has 2 aliphatic rings. The van der Waals surface area contributed by atoms with E-state index in [9.17, 15) is 0 Å². The van der Waals surface area contributed by atoms with Gasteiger partial charge in [0, 0.05) is 13.1 Å². The average Bonchev–Trinajstić information content (AvgIpc) is 2.91. The van der Waals surface area contributed by atoms with Crippen LogP contribution in [0.1, 0.15) is 69.8 Å². The van der Waals surface area contributed by atoms with Crippen LogP contribution in [0, 0.1) is 5.92 Å². The van der Waals surface area contributed by atoms with Crippen LogP contribution in [0.2, 0.25) is 0 Å². The highest BCUT2D eigenvalue weighted by atomic mass is 15.3. The summed E-state index contributed by atoms with van der Waals surface area (Å²) in [5, 5.41) is 3.92. The first-order chi connectivity index (χ1) is 17.1. The number of rotatable bonds is 4. The van der Waals surface area contributed by atoms with Crippen LogP contribution in [0.4, 0.5) is 0 Å². The van der Waals surface area contributed by atoms with Gasteiger partial charge < -0.3 is 4.90 Å².